The maximum Gasteiger partial charge on any atom is 0.0266 e. The lowest BCUT2D eigenvalue weighted by Gasteiger charge is -2.06. The van der Waals surface area contributed by atoms with E-state index in [2.05, 4.69) is 48.5 Å². The molecule has 0 aliphatic carbocycles. The molecule has 0 radical (unpaired) electrons. The van der Waals surface area contributed by atoms with Gasteiger partial charge in [0.05, 0.1) is 0 Å². The van der Waals surface area contributed by atoms with Gasteiger partial charge in [-0.1, -0.05) is 54.6 Å². The molecule has 0 saturated carbocycles. The fourth-order valence-corrected chi connectivity index (χ4v) is 1.61. The van der Waals surface area contributed by atoms with E-state index in [0.717, 1.165) is 0 Å². The molecule has 2 aromatic rings. The van der Waals surface area contributed by atoms with Crippen molar-refractivity contribution in [3.63, 3.8) is 0 Å². The van der Waals surface area contributed by atoms with E-state index in [4.69, 9.17) is 5.73 Å². The highest BCUT2D eigenvalue weighted by Crippen LogP contribution is 2.20. The van der Waals surface area contributed by atoms with Crippen molar-refractivity contribution < 1.29 is 0 Å². The van der Waals surface area contributed by atoms with Gasteiger partial charge in [0.25, 0.3) is 0 Å². The zero-order chi connectivity index (χ0) is 10.7. The van der Waals surface area contributed by atoms with Crippen molar-refractivity contribution in [3.05, 3.63) is 60.2 Å². The standard InChI is InChI=1S/C14H15N/c1-11(15)12-7-9-14(10-8-12)13-5-3-2-4-6-13/h2-11H,15H2,1H3/t11-/m0/s1. The molecule has 76 valence electrons. The minimum Gasteiger partial charge on any atom is -0.324 e. The molecule has 1 atom stereocenters. The zero-order valence-electron chi connectivity index (χ0n) is 8.85. The molecule has 0 aliphatic heterocycles. The van der Waals surface area contributed by atoms with Gasteiger partial charge in [-0.3, -0.25) is 0 Å². The number of benzene rings is 2. The van der Waals surface area contributed by atoms with Crippen LogP contribution in [-0.4, -0.2) is 0 Å². The third-order valence-electron chi connectivity index (χ3n) is 2.54. The van der Waals surface area contributed by atoms with Crippen LogP contribution in [-0.2, 0) is 0 Å². The molecule has 0 heterocycles. The Balaban J connectivity index is 2.32. The Morgan fingerprint density at radius 2 is 1.33 bits per heavy atom. The summed E-state index contributed by atoms with van der Waals surface area (Å²) in [6.07, 6.45) is 0. The maximum atomic E-state index is 5.80. The molecule has 0 saturated heterocycles. The average Bonchev–Trinajstić information content (AvgIpc) is 2.30. The first-order chi connectivity index (χ1) is 7.27. The van der Waals surface area contributed by atoms with Crippen molar-refractivity contribution in [2.24, 2.45) is 5.73 Å². The lowest BCUT2D eigenvalue weighted by molar-refractivity contribution is 0.818. The normalized spacial score (nSPS) is 12.4. The van der Waals surface area contributed by atoms with E-state index in [0.29, 0.717) is 0 Å². The molecule has 0 aliphatic rings. The smallest absolute Gasteiger partial charge is 0.0266 e. The minimum atomic E-state index is 0.106. The molecule has 0 spiro atoms. The summed E-state index contributed by atoms with van der Waals surface area (Å²) in [5, 5.41) is 0. The van der Waals surface area contributed by atoms with Crippen molar-refractivity contribution >= 4 is 0 Å². The Bertz CT molecular complexity index is 415. The summed E-state index contributed by atoms with van der Waals surface area (Å²) in [5.41, 5.74) is 9.46. The van der Waals surface area contributed by atoms with Gasteiger partial charge in [0.15, 0.2) is 0 Å². The van der Waals surface area contributed by atoms with Crippen LogP contribution in [0, 0.1) is 0 Å². The molecule has 1 heteroatoms. The molecule has 2 aromatic carbocycles. The van der Waals surface area contributed by atoms with Crippen molar-refractivity contribution in [1.29, 1.82) is 0 Å². The maximum absolute atomic E-state index is 5.80. The highest BCUT2D eigenvalue weighted by atomic mass is 14.6. The fraction of sp³-hybridized carbons (Fsp3) is 0.143. The van der Waals surface area contributed by atoms with Crippen LogP contribution < -0.4 is 5.73 Å². The van der Waals surface area contributed by atoms with Gasteiger partial charge in [-0.05, 0) is 23.6 Å². The van der Waals surface area contributed by atoms with Crippen molar-refractivity contribution in [2.45, 2.75) is 13.0 Å². The van der Waals surface area contributed by atoms with E-state index in [-0.39, 0.29) is 6.04 Å². The minimum absolute atomic E-state index is 0.106. The SMILES string of the molecule is C[C@H](N)c1ccc(-c2ccccc2)cc1. The van der Waals surface area contributed by atoms with E-state index in [1.165, 1.54) is 16.7 Å². The first kappa shape index (κ1) is 9.94. The third-order valence-corrected chi connectivity index (χ3v) is 2.54. The summed E-state index contributed by atoms with van der Waals surface area (Å²) in [7, 11) is 0. The van der Waals surface area contributed by atoms with Gasteiger partial charge in [-0.25, -0.2) is 0 Å². The van der Waals surface area contributed by atoms with Crippen molar-refractivity contribution in [1.82, 2.24) is 0 Å². The second-order valence-electron chi connectivity index (χ2n) is 3.78. The monoisotopic (exact) mass is 197 g/mol. The van der Waals surface area contributed by atoms with Gasteiger partial charge in [-0.15, -0.1) is 0 Å². The van der Waals surface area contributed by atoms with Crippen LogP contribution in [0.2, 0.25) is 0 Å². The first-order valence-electron chi connectivity index (χ1n) is 5.18. The molecular formula is C14H15N. The predicted molar refractivity (Wildman–Crippen MR) is 64.5 cm³/mol. The third kappa shape index (κ3) is 2.25. The van der Waals surface area contributed by atoms with Gasteiger partial charge in [0, 0.05) is 6.04 Å². The van der Waals surface area contributed by atoms with Crippen LogP contribution in [0.5, 0.6) is 0 Å². The Morgan fingerprint density at radius 3 is 1.87 bits per heavy atom. The van der Waals surface area contributed by atoms with Crippen LogP contribution in [0.25, 0.3) is 11.1 Å². The largest absolute Gasteiger partial charge is 0.324 e. The summed E-state index contributed by atoms with van der Waals surface area (Å²) < 4.78 is 0. The van der Waals surface area contributed by atoms with E-state index >= 15 is 0 Å². The Labute approximate surface area is 90.6 Å². The highest BCUT2D eigenvalue weighted by Gasteiger charge is 1.99. The lowest BCUT2D eigenvalue weighted by Crippen LogP contribution is -2.04. The Morgan fingerprint density at radius 1 is 0.800 bits per heavy atom. The van der Waals surface area contributed by atoms with Gasteiger partial charge >= 0.3 is 0 Å². The van der Waals surface area contributed by atoms with Crippen LogP contribution in [0.1, 0.15) is 18.5 Å². The van der Waals surface area contributed by atoms with Gasteiger partial charge < -0.3 is 5.73 Å². The number of hydrogen-bond donors (Lipinski definition) is 1. The number of nitrogens with two attached hydrogens (primary N) is 1. The lowest BCUT2D eigenvalue weighted by atomic mass is 10.0. The van der Waals surface area contributed by atoms with E-state index in [1.54, 1.807) is 0 Å². The molecule has 0 fully saturated rings. The van der Waals surface area contributed by atoms with Crippen LogP contribution in [0.3, 0.4) is 0 Å². The van der Waals surface area contributed by atoms with E-state index in [9.17, 15) is 0 Å². The van der Waals surface area contributed by atoms with Crippen LogP contribution in [0.4, 0.5) is 0 Å². The van der Waals surface area contributed by atoms with Gasteiger partial charge in [-0.2, -0.15) is 0 Å². The molecule has 0 aromatic heterocycles. The molecule has 0 bridgehead atoms. The molecule has 0 unspecified atom stereocenters. The second-order valence-corrected chi connectivity index (χ2v) is 3.78. The summed E-state index contributed by atoms with van der Waals surface area (Å²) in [6, 6.07) is 18.9. The van der Waals surface area contributed by atoms with Gasteiger partial charge in [0.2, 0.25) is 0 Å². The molecule has 15 heavy (non-hydrogen) atoms. The molecule has 2 N–H and O–H groups in total. The van der Waals surface area contributed by atoms with E-state index in [1.807, 2.05) is 13.0 Å². The van der Waals surface area contributed by atoms with Crippen LogP contribution in [0.15, 0.2) is 54.6 Å². The van der Waals surface area contributed by atoms with E-state index < -0.39 is 0 Å². The summed E-state index contributed by atoms with van der Waals surface area (Å²) >= 11 is 0. The summed E-state index contributed by atoms with van der Waals surface area (Å²) in [4.78, 5) is 0. The molecule has 1 nitrogen and oxygen atoms in total. The van der Waals surface area contributed by atoms with Crippen LogP contribution >= 0.6 is 0 Å². The quantitative estimate of drug-likeness (QED) is 0.784. The number of rotatable bonds is 2. The molecular weight excluding hydrogens is 182 g/mol. The summed E-state index contributed by atoms with van der Waals surface area (Å²) in [5.74, 6) is 0. The highest BCUT2D eigenvalue weighted by molar-refractivity contribution is 5.63. The first-order valence-corrected chi connectivity index (χ1v) is 5.18. The Hall–Kier alpha value is -1.60. The summed E-state index contributed by atoms with van der Waals surface area (Å²) in [6.45, 7) is 2.00. The topological polar surface area (TPSA) is 26.0 Å². The van der Waals surface area contributed by atoms with Crippen molar-refractivity contribution in [3.8, 4) is 11.1 Å². The Kier molecular flexibility index (Phi) is 2.84. The fourth-order valence-electron chi connectivity index (χ4n) is 1.61. The second kappa shape index (κ2) is 4.28. The average molecular weight is 197 g/mol. The number of hydrogen-bond acceptors (Lipinski definition) is 1. The molecule has 0 amide bonds. The zero-order valence-corrected chi connectivity index (χ0v) is 8.85. The van der Waals surface area contributed by atoms with Gasteiger partial charge in [0.1, 0.15) is 0 Å². The predicted octanol–water partition coefficient (Wildman–Crippen LogP) is 3.37. The molecule has 2 rings (SSSR count). The van der Waals surface area contributed by atoms with Crippen molar-refractivity contribution in [2.75, 3.05) is 0 Å².